The van der Waals surface area contributed by atoms with Gasteiger partial charge in [-0.1, -0.05) is 38.1 Å². The van der Waals surface area contributed by atoms with Gasteiger partial charge in [-0.25, -0.2) is 0 Å². The Labute approximate surface area is 170 Å². The summed E-state index contributed by atoms with van der Waals surface area (Å²) in [6.07, 6.45) is -1.06. The number of oxime groups is 1. The van der Waals surface area contributed by atoms with Crippen LogP contribution in [0.5, 0.6) is 0 Å². The van der Waals surface area contributed by atoms with Crippen LogP contribution in [0.1, 0.15) is 33.3 Å². The third-order valence-electron chi connectivity index (χ3n) is 4.53. The smallest absolute Gasteiger partial charge is 0.261 e. The number of aromatic nitrogens is 1. The molecule has 29 heavy (non-hydrogen) atoms. The maximum absolute atomic E-state index is 12.1. The molecular weight excluding hydrogens is 374 g/mol. The number of hydrogen-bond acceptors (Lipinski definition) is 6. The van der Waals surface area contributed by atoms with Crippen molar-refractivity contribution in [1.82, 2.24) is 10.3 Å². The van der Waals surface area contributed by atoms with Crippen LogP contribution in [-0.2, 0) is 20.9 Å². The summed E-state index contributed by atoms with van der Waals surface area (Å²) < 4.78 is 5.45. The number of H-pyrrole nitrogens is 1. The zero-order valence-electron chi connectivity index (χ0n) is 17.6. The number of methoxy groups -OCH3 is 1. The number of hydrogen-bond donors (Lipinski definition) is 4. The first kappa shape index (κ1) is 22.9. The fourth-order valence-electron chi connectivity index (χ4n) is 3.04. The average Bonchev–Trinajstić information content (AvgIpc) is 3.11. The summed E-state index contributed by atoms with van der Waals surface area (Å²) in [7, 11) is 1.49. The van der Waals surface area contributed by atoms with Crippen molar-refractivity contribution in [1.29, 1.82) is 0 Å². The Bertz CT molecular complexity index is 838. The van der Waals surface area contributed by atoms with Gasteiger partial charge in [-0.3, -0.25) is 4.79 Å². The highest BCUT2D eigenvalue weighted by atomic mass is 16.6. The number of ether oxygens (including phenoxy) is 1. The van der Waals surface area contributed by atoms with Crippen molar-refractivity contribution in [3.63, 3.8) is 0 Å². The van der Waals surface area contributed by atoms with E-state index in [9.17, 15) is 15.0 Å². The molecule has 8 heteroatoms. The highest BCUT2D eigenvalue weighted by molar-refractivity contribution is 5.93. The molecule has 0 unspecified atom stereocenters. The first-order valence-corrected chi connectivity index (χ1v) is 9.55. The van der Waals surface area contributed by atoms with Gasteiger partial charge in [-0.2, -0.15) is 0 Å². The number of nitrogens with zero attached hydrogens (tertiary/aromatic N) is 1. The molecule has 0 spiro atoms. The van der Waals surface area contributed by atoms with E-state index >= 15 is 0 Å². The van der Waals surface area contributed by atoms with E-state index < -0.39 is 23.7 Å². The molecule has 4 N–H and O–H groups in total. The average molecular weight is 405 g/mol. The van der Waals surface area contributed by atoms with E-state index in [1.54, 1.807) is 0 Å². The molecule has 0 fully saturated rings. The number of benzene rings is 1. The number of aliphatic hydroxyl groups excluding tert-OH is 2. The van der Waals surface area contributed by atoms with Crippen LogP contribution in [0.25, 0.3) is 10.9 Å². The molecule has 1 amide bonds. The van der Waals surface area contributed by atoms with Gasteiger partial charge in [0.15, 0.2) is 6.61 Å². The monoisotopic (exact) mass is 405 g/mol. The summed E-state index contributed by atoms with van der Waals surface area (Å²) >= 11 is 0. The van der Waals surface area contributed by atoms with Crippen LogP contribution in [-0.4, -0.2) is 58.8 Å². The van der Waals surface area contributed by atoms with Crippen molar-refractivity contribution in [2.45, 2.75) is 52.6 Å². The molecule has 8 nitrogen and oxygen atoms in total. The van der Waals surface area contributed by atoms with Crippen LogP contribution < -0.4 is 5.32 Å². The van der Waals surface area contributed by atoms with Gasteiger partial charge >= 0.3 is 0 Å². The Morgan fingerprint density at radius 2 is 2.00 bits per heavy atom. The number of rotatable bonds is 9. The molecule has 0 radical (unpaired) electrons. The van der Waals surface area contributed by atoms with Crippen molar-refractivity contribution in [3.8, 4) is 0 Å². The van der Waals surface area contributed by atoms with E-state index in [0.717, 1.165) is 16.5 Å². The minimum absolute atomic E-state index is 0.139. The van der Waals surface area contributed by atoms with Gasteiger partial charge in [0.25, 0.3) is 5.91 Å². The lowest BCUT2D eigenvalue weighted by Gasteiger charge is -2.32. The fourth-order valence-corrected chi connectivity index (χ4v) is 3.04. The predicted molar refractivity (Wildman–Crippen MR) is 111 cm³/mol. The maximum Gasteiger partial charge on any atom is 0.261 e. The van der Waals surface area contributed by atoms with E-state index in [4.69, 9.17) is 9.57 Å². The molecule has 0 bridgehead atoms. The number of carbonyl (C=O) groups excluding carboxylic acids is 1. The number of nitrogens with one attached hydrogen (secondary N) is 2. The fraction of sp³-hybridized carbons (Fsp3) is 0.524. The van der Waals surface area contributed by atoms with Gasteiger partial charge in [0.05, 0.1) is 6.10 Å². The first-order chi connectivity index (χ1) is 13.6. The molecule has 0 saturated carbocycles. The van der Waals surface area contributed by atoms with E-state index in [1.165, 1.54) is 14.0 Å². The Morgan fingerprint density at radius 1 is 1.28 bits per heavy atom. The molecule has 0 aliphatic carbocycles. The van der Waals surface area contributed by atoms with E-state index in [1.807, 2.05) is 51.2 Å². The summed E-state index contributed by atoms with van der Waals surface area (Å²) in [5.74, 6) is -0.351. The van der Waals surface area contributed by atoms with Gasteiger partial charge in [0.1, 0.15) is 17.9 Å². The van der Waals surface area contributed by atoms with Crippen molar-refractivity contribution in [2.24, 2.45) is 10.6 Å². The van der Waals surface area contributed by atoms with Gasteiger partial charge in [0, 0.05) is 25.4 Å². The first-order valence-electron chi connectivity index (χ1n) is 9.55. The maximum atomic E-state index is 12.1. The molecule has 1 aromatic carbocycles. The SMILES string of the molecule is CO[C@H](/C(=N/OCC(=O)NCc1ccc2cc[nH]c2c1)[C@@H](O)[C@@H](C)O)C(C)(C)C. The second-order valence-electron chi connectivity index (χ2n) is 8.13. The molecule has 0 saturated heterocycles. The lowest BCUT2D eigenvalue weighted by atomic mass is 9.83. The summed E-state index contributed by atoms with van der Waals surface area (Å²) in [6, 6.07) is 7.88. The summed E-state index contributed by atoms with van der Waals surface area (Å²) in [5, 5.41) is 27.8. The summed E-state index contributed by atoms with van der Waals surface area (Å²) in [4.78, 5) is 20.4. The van der Waals surface area contributed by atoms with Crippen LogP contribution in [0.2, 0.25) is 0 Å². The molecular formula is C21H31N3O5. The minimum atomic E-state index is -1.27. The van der Waals surface area contributed by atoms with Gasteiger partial charge in [-0.05, 0) is 35.4 Å². The van der Waals surface area contributed by atoms with Crippen molar-refractivity contribution < 1.29 is 24.6 Å². The van der Waals surface area contributed by atoms with Crippen molar-refractivity contribution in [3.05, 3.63) is 36.0 Å². The third kappa shape index (κ3) is 6.28. The molecule has 1 aromatic heterocycles. The molecule has 3 atom stereocenters. The zero-order chi connectivity index (χ0) is 21.6. The van der Waals surface area contributed by atoms with E-state index in [2.05, 4.69) is 15.5 Å². The Hall–Kier alpha value is -2.42. The topological polar surface area (TPSA) is 116 Å². The Balaban J connectivity index is 1.96. The molecule has 2 aromatic rings. The lowest BCUT2D eigenvalue weighted by molar-refractivity contribution is -0.125. The zero-order valence-corrected chi connectivity index (χ0v) is 17.6. The standard InChI is InChI=1S/C21H31N3O5/c1-13(25)19(27)18(20(28-5)21(2,3)4)24-29-12-17(26)23-11-14-6-7-15-8-9-22-16(15)10-14/h6-10,13,19-20,22,25,27H,11-12H2,1-5H3,(H,23,26)/b24-18+/t13-,19+,20-/m1/s1. The quantitative estimate of drug-likeness (QED) is 0.376. The van der Waals surface area contributed by atoms with Gasteiger partial charge < -0.3 is 30.1 Å². The highest BCUT2D eigenvalue weighted by Crippen LogP contribution is 2.25. The van der Waals surface area contributed by atoms with Gasteiger partial charge in [0.2, 0.25) is 0 Å². The molecule has 1 heterocycles. The summed E-state index contributed by atoms with van der Waals surface area (Å²) in [6.45, 7) is 7.23. The van der Waals surface area contributed by atoms with E-state index in [-0.39, 0.29) is 18.2 Å². The molecule has 0 aliphatic rings. The van der Waals surface area contributed by atoms with Gasteiger partial charge in [-0.15, -0.1) is 0 Å². The van der Waals surface area contributed by atoms with Crippen molar-refractivity contribution >= 4 is 22.5 Å². The number of amides is 1. The molecule has 2 rings (SSSR count). The Kier molecular flexibility index (Phi) is 7.78. The van der Waals surface area contributed by atoms with Crippen LogP contribution in [0.3, 0.4) is 0 Å². The lowest BCUT2D eigenvalue weighted by Crippen LogP contribution is -2.46. The molecule has 0 aliphatic heterocycles. The van der Waals surface area contributed by atoms with Crippen LogP contribution in [0, 0.1) is 5.41 Å². The molecule has 160 valence electrons. The van der Waals surface area contributed by atoms with E-state index in [0.29, 0.717) is 6.54 Å². The van der Waals surface area contributed by atoms with Crippen molar-refractivity contribution in [2.75, 3.05) is 13.7 Å². The number of aliphatic hydroxyl groups is 2. The summed E-state index contributed by atoms with van der Waals surface area (Å²) in [5.41, 5.74) is 1.70. The van der Waals surface area contributed by atoms with Crippen LogP contribution in [0.15, 0.2) is 35.6 Å². The number of fused-ring (bicyclic) bond motifs is 1. The normalized spacial score (nSPS) is 15.8. The highest BCUT2D eigenvalue weighted by Gasteiger charge is 2.35. The predicted octanol–water partition coefficient (Wildman–Crippen LogP) is 1.96. The van der Waals surface area contributed by atoms with Crippen LogP contribution >= 0.6 is 0 Å². The van der Waals surface area contributed by atoms with Crippen LogP contribution in [0.4, 0.5) is 0 Å². The number of carbonyl (C=O) groups is 1. The third-order valence-corrected chi connectivity index (χ3v) is 4.53. The second kappa shape index (κ2) is 9.87. The minimum Gasteiger partial charge on any atom is -0.390 e. The second-order valence-corrected chi connectivity index (χ2v) is 8.13. The number of aromatic amines is 1. The Morgan fingerprint density at radius 3 is 2.62 bits per heavy atom. The largest absolute Gasteiger partial charge is 0.390 e.